The van der Waals surface area contributed by atoms with Crippen LogP contribution >= 0.6 is 0 Å². The molecule has 1 heterocycles. The molecule has 18 heavy (non-hydrogen) atoms. The number of nitriles is 1. The zero-order chi connectivity index (χ0) is 12.5. The Balaban J connectivity index is 1.78. The van der Waals surface area contributed by atoms with Gasteiger partial charge in [0.05, 0.1) is 6.07 Å². The van der Waals surface area contributed by atoms with Crippen molar-refractivity contribution in [3.05, 3.63) is 23.8 Å². The van der Waals surface area contributed by atoms with Crippen LogP contribution < -0.4 is 14.8 Å². The third-order valence-electron chi connectivity index (χ3n) is 3.09. The second kappa shape index (κ2) is 4.22. The first-order valence-corrected chi connectivity index (χ1v) is 5.87. The summed E-state index contributed by atoms with van der Waals surface area (Å²) in [5.41, 5.74) is 0.718. The molecule has 0 saturated heterocycles. The molecule has 1 aliphatic heterocycles. The maximum Gasteiger partial charge on any atom is 0.231 e. The molecule has 1 fully saturated rings. The number of hydrogen-bond donors (Lipinski definition) is 1. The zero-order valence-electron chi connectivity index (χ0n) is 9.68. The first-order valence-electron chi connectivity index (χ1n) is 5.87. The molecule has 1 amide bonds. The number of amides is 1. The highest BCUT2D eigenvalue weighted by molar-refractivity contribution is 5.81. The highest BCUT2D eigenvalue weighted by atomic mass is 16.7. The zero-order valence-corrected chi connectivity index (χ0v) is 9.68. The summed E-state index contributed by atoms with van der Waals surface area (Å²) in [7, 11) is 0. The molecule has 92 valence electrons. The third kappa shape index (κ3) is 1.97. The molecule has 0 bridgehead atoms. The number of carbonyl (C=O) groups is 1. The summed E-state index contributed by atoms with van der Waals surface area (Å²) in [4.78, 5) is 11.7. The van der Waals surface area contributed by atoms with Crippen molar-refractivity contribution in [2.45, 2.75) is 18.9 Å². The van der Waals surface area contributed by atoms with Gasteiger partial charge in [-0.25, -0.2) is 0 Å². The van der Waals surface area contributed by atoms with Crippen LogP contribution in [-0.4, -0.2) is 12.7 Å². The maximum absolute atomic E-state index is 11.7. The van der Waals surface area contributed by atoms with Gasteiger partial charge in [0.15, 0.2) is 11.5 Å². The van der Waals surface area contributed by atoms with Crippen LogP contribution in [0.15, 0.2) is 18.2 Å². The first-order chi connectivity index (χ1) is 8.78. The largest absolute Gasteiger partial charge is 0.454 e. The van der Waals surface area contributed by atoms with Gasteiger partial charge in [0, 0.05) is 5.92 Å². The van der Waals surface area contributed by atoms with E-state index in [-0.39, 0.29) is 18.6 Å². The summed E-state index contributed by atoms with van der Waals surface area (Å²) < 4.78 is 10.5. The molecule has 0 aromatic heterocycles. The normalized spacial score (nSPS) is 17.9. The highest BCUT2D eigenvalue weighted by Gasteiger charge is 2.31. The van der Waals surface area contributed by atoms with Gasteiger partial charge in [-0.3, -0.25) is 4.79 Å². The van der Waals surface area contributed by atoms with E-state index in [1.807, 2.05) is 0 Å². The molecule has 1 aliphatic carbocycles. The molecule has 1 aromatic carbocycles. The molecule has 1 N–H and O–H groups in total. The minimum Gasteiger partial charge on any atom is -0.454 e. The molecule has 0 radical (unpaired) electrons. The summed E-state index contributed by atoms with van der Waals surface area (Å²) in [6.45, 7) is 0.199. The summed E-state index contributed by atoms with van der Waals surface area (Å²) in [6, 6.07) is 6.73. The molecule has 3 rings (SSSR count). The Bertz CT molecular complexity index is 532. The van der Waals surface area contributed by atoms with Gasteiger partial charge in [0.2, 0.25) is 12.7 Å². The van der Waals surface area contributed by atoms with Gasteiger partial charge in [-0.15, -0.1) is 0 Å². The lowest BCUT2D eigenvalue weighted by Gasteiger charge is -2.12. The van der Waals surface area contributed by atoms with Crippen LogP contribution in [0.3, 0.4) is 0 Å². The molecule has 1 unspecified atom stereocenters. The smallest absolute Gasteiger partial charge is 0.231 e. The second-order valence-electron chi connectivity index (χ2n) is 4.46. The lowest BCUT2D eigenvalue weighted by molar-refractivity contribution is -0.122. The van der Waals surface area contributed by atoms with E-state index in [0.717, 1.165) is 18.4 Å². The predicted molar refractivity (Wildman–Crippen MR) is 61.8 cm³/mol. The highest BCUT2D eigenvalue weighted by Crippen LogP contribution is 2.35. The molecule has 0 spiro atoms. The van der Waals surface area contributed by atoms with E-state index in [4.69, 9.17) is 14.7 Å². The topological polar surface area (TPSA) is 71.4 Å². The first kappa shape index (κ1) is 10.9. The second-order valence-corrected chi connectivity index (χ2v) is 4.46. The van der Waals surface area contributed by atoms with Crippen molar-refractivity contribution in [2.24, 2.45) is 5.92 Å². The Morgan fingerprint density at radius 2 is 2.17 bits per heavy atom. The van der Waals surface area contributed by atoms with Crippen LogP contribution in [0.25, 0.3) is 0 Å². The van der Waals surface area contributed by atoms with Crippen LogP contribution in [0.1, 0.15) is 24.4 Å². The number of nitrogens with zero attached hydrogens (tertiary/aromatic N) is 1. The SMILES string of the molecule is N#CC(NC(=O)C1CC1)c1ccc2c(c1)OCO2. The van der Waals surface area contributed by atoms with Crippen molar-refractivity contribution in [1.29, 1.82) is 5.26 Å². The number of benzene rings is 1. The van der Waals surface area contributed by atoms with Crippen molar-refractivity contribution < 1.29 is 14.3 Å². The fourth-order valence-electron chi connectivity index (χ4n) is 1.89. The Morgan fingerprint density at radius 3 is 2.89 bits per heavy atom. The van der Waals surface area contributed by atoms with E-state index in [2.05, 4.69) is 11.4 Å². The average molecular weight is 244 g/mol. The number of carbonyl (C=O) groups excluding carboxylic acids is 1. The van der Waals surface area contributed by atoms with Crippen LogP contribution in [0.4, 0.5) is 0 Å². The van der Waals surface area contributed by atoms with Gasteiger partial charge in [-0.1, -0.05) is 6.07 Å². The van der Waals surface area contributed by atoms with Gasteiger partial charge >= 0.3 is 0 Å². The van der Waals surface area contributed by atoms with Crippen LogP contribution in [0, 0.1) is 17.2 Å². The van der Waals surface area contributed by atoms with Gasteiger partial charge < -0.3 is 14.8 Å². The van der Waals surface area contributed by atoms with Gasteiger partial charge in [0.25, 0.3) is 0 Å². The standard InChI is InChI=1S/C13H12N2O3/c14-6-10(15-13(16)8-1-2-8)9-3-4-11-12(5-9)18-7-17-11/h3-5,8,10H,1-2,7H2,(H,15,16). The van der Waals surface area contributed by atoms with Crippen molar-refractivity contribution in [3.8, 4) is 17.6 Å². The number of fused-ring (bicyclic) bond motifs is 1. The molecule has 5 heteroatoms. The monoisotopic (exact) mass is 244 g/mol. The minimum atomic E-state index is -0.632. The molecule has 5 nitrogen and oxygen atoms in total. The average Bonchev–Trinajstić information content (AvgIpc) is 3.14. The van der Waals surface area contributed by atoms with Gasteiger partial charge in [-0.2, -0.15) is 5.26 Å². The molecule has 2 aliphatic rings. The number of nitrogens with one attached hydrogen (secondary N) is 1. The van der Waals surface area contributed by atoms with Gasteiger partial charge in [-0.05, 0) is 30.5 Å². The molecular formula is C13H12N2O3. The van der Waals surface area contributed by atoms with E-state index < -0.39 is 6.04 Å². The fourth-order valence-corrected chi connectivity index (χ4v) is 1.89. The van der Waals surface area contributed by atoms with Crippen molar-refractivity contribution in [3.63, 3.8) is 0 Å². The Hall–Kier alpha value is -2.22. The fraction of sp³-hybridized carbons (Fsp3) is 0.385. The lowest BCUT2D eigenvalue weighted by atomic mass is 10.1. The lowest BCUT2D eigenvalue weighted by Crippen LogP contribution is -2.28. The summed E-state index contributed by atoms with van der Waals surface area (Å²) in [6.07, 6.45) is 1.84. The molecule has 1 saturated carbocycles. The van der Waals surface area contributed by atoms with Gasteiger partial charge in [0.1, 0.15) is 6.04 Å². The van der Waals surface area contributed by atoms with E-state index in [0.29, 0.717) is 11.5 Å². The summed E-state index contributed by atoms with van der Waals surface area (Å²) in [5, 5.41) is 11.9. The number of rotatable bonds is 3. The Kier molecular flexibility index (Phi) is 2.56. The molecule has 1 aromatic rings. The van der Waals surface area contributed by atoms with Crippen molar-refractivity contribution in [2.75, 3.05) is 6.79 Å². The molecule has 1 atom stereocenters. The van der Waals surface area contributed by atoms with E-state index >= 15 is 0 Å². The van der Waals surface area contributed by atoms with E-state index in [9.17, 15) is 4.79 Å². The third-order valence-corrected chi connectivity index (χ3v) is 3.09. The number of hydrogen-bond acceptors (Lipinski definition) is 4. The maximum atomic E-state index is 11.7. The van der Waals surface area contributed by atoms with Crippen LogP contribution in [0.5, 0.6) is 11.5 Å². The Morgan fingerprint density at radius 1 is 1.39 bits per heavy atom. The van der Waals surface area contributed by atoms with Crippen molar-refractivity contribution >= 4 is 5.91 Å². The summed E-state index contributed by atoms with van der Waals surface area (Å²) >= 11 is 0. The van der Waals surface area contributed by atoms with Crippen LogP contribution in [0.2, 0.25) is 0 Å². The Labute approximate surface area is 104 Å². The summed E-state index contributed by atoms with van der Waals surface area (Å²) in [5.74, 6) is 1.34. The molecular weight excluding hydrogens is 232 g/mol. The van der Waals surface area contributed by atoms with Crippen molar-refractivity contribution in [1.82, 2.24) is 5.32 Å². The predicted octanol–water partition coefficient (Wildman–Crippen LogP) is 1.51. The quantitative estimate of drug-likeness (QED) is 0.874. The minimum absolute atomic E-state index is 0.0424. The van der Waals surface area contributed by atoms with Crippen LogP contribution in [-0.2, 0) is 4.79 Å². The van der Waals surface area contributed by atoms with E-state index in [1.54, 1.807) is 18.2 Å². The van der Waals surface area contributed by atoms with E-state index in [1.165, 1.54) is 0 Å². The number of ether oxygens (including phenoxy) is 2.